The molecule has 0 spiro atoms. The average Bonchev–Trinajstić information content (AvgIpc) is 3.31. The molecule has 3 N–H and O–H groups in total. The Hall–Kier alpha value is -3.59. The number of benzene rings is 1. The normalized spacial score (nSPS) is 23.6. The Balaban J connectivity index is 1.40. The average molecular weight is 462 g/mol. The zero-order chi connectivity index (χ0) is 24.0. The first kappa shape index (κ1) is 22.2. The number of hydrogen-bond acceptors (Lipinski definition) is 6. The van der Waals surface area contributed by atoms with Crippen molar-refractivity contribution in [2.45, 2.75) is 38.5 Å². The number of amides is 2. The molecule has 0 radical (unpaired) electrons. The molecule has 34 heavy (non-hydrogen) atoms. The number of carbonyl (C=O) groups is 2. The van der Waals surface area contributed by atoms with E-state index in [4.69, 9.17) is 0 Å². The van der Waals surface area contributed by atoms with Crippen LogP contribution in [0.4, 0.5) is 5.95 Å². The van der Waals surface area contributed by atoms with E-state index in [1.54, 1.807) is 6.08 Å². The fraction of sp³-hybridized carbons (Fsp3) is 0.400. The van der Waals surface area contributed by atoms with E-state index in [0.717, 1.165) is 36.1 Å². The van der Waals surface area contributed by atoms with Crippen LogP contribution in [0.3, 0.4) is 0 Å². The molecule has 1 aromatic heterocycles. The Morgan fingerprint density at radius 3 is 2.88 bits per heavy atom. The minimum atomic E-state index is -0.667. The quantitative estimate of drug-likeness (QED) is 0.607. The minimum absolute atomic E-state index is 0.0890. The molecular weight excluding hydrogens is 430 g/mol. The minimum Gasteiger partial charge on any atom is -0.355 e. The molecule has 4 heterocycles. The van der Waals surface area contributed by atoms with E-state index >= 15 is 0 Å². The van der Waals surface area contributed by atoms with Crippen molar-refractivity contribution in [3.63, 3.8) is 0 Å². The summed E-state index contributed by atoms with van der Waals surface area (Å²) in [6.45, 7) is 6.32. The maximum Gasteiger partial charge on any atom is 0.274 e. The second-order valence-electron chi connectivity index (χ2n) is 9.54. The molecule has 2 atom stereocenters. The number of hydrogen-bond donors (Lipinski definition) is 3. The molecule has 0 aliphatic carbocycles. The van der Waals surface area contributed by atoms with E-state index in [1.165, 1.54) is 0 Å². The first-order valence-electron chi connectivity index (χ1n) is 11.7. The molecule has 3 aliphatic heterocycles. The fourth-order valence-corrected chi connectivity index (χ4v) is 5.08. The van der Waals surface area contributed by atoms with Crippen molar-refractivity contribution in [2.24, 2.45) is 0 Å². The molecule has 0 saturated carbocycles. The number of piperazine rings is 1. The molecule has 2 amide bonds. The molecular formula is C25H31N7O2. The monoisotopic (exact) mass is 461 g/mol. The number of carbonyl (C=O) groups excluding carboxylic acids is 2. The third kappa shape index (κ3) is 3.66. The van der Waals surface area contributed by atoms with Crippen molar-refractivity contribution >= 4 is 28.8 Å². The van der Waals surface area contributed by atoms with Crippen molar-refractivity contribution in [3.8, 4) is 0 Å². The van der Waals surface area contributed by atoms with Crippen LogP contribution >= 0.6 is 0 Å². The van der Waals surface area contributed by atoms with Gasteiger partial charge in [0, 0.05) is 19.1 Å². The molecule has 9 nitrogen and oxygen atoms in total. The molecule has 1 fully saturated rings. The highest BCUT2D eigenvalue weighted by atomic mass is 16.2. The standard InChI is InChI=1S/C25H31N7O2/c1-16-15-26-23(34)21-14-17-10-11-19(29-25(17,2)32(16)21)22(33)28-24-27-18-8-5-6-9-20(18)31(24)13-7-12-30(3)4/h5-6,8-11,14,16,29H,7,12-13,15H2,1-4H3,(H,26,34)(H,27,28,33)/t16-,25?/m1/s1. The van der Waals surface area contributed by atoms with Gasteiger partial charge in [0.1, 0.15) is 17.1 Å². The lowest BCUT2D eigenvalue weighted by atomic mass is 9.97. The number of anilines is 1. The van der Waals surface area contributed by atoms with Gasteiger partial charge in [0.05, 0.1) is 11.0 Å². The smallest absolute Gasteiger partial charge is 0.274 e. The SMILES string of the molecule is C[C@@H]1CNC(=O)C2=CC3=CC=C(C(=O)Nc4nc5ccccc5n4CCCN(C)C)NC3(C)N21. The van der Waals surface area contributed by atoms with Gasteiger partial charge in [-0.2, -0.15) is 0 Å². The number of dihydropyridines is 1. The van der Waals surface area contributed by atoms with Crippen molar-refractivity contribution in [1.82, 2.24) is 30.0 Å². The molecule has 0 bridgehead atoms. The van der Waals surface area contributed by atoms with Gasteiger partial charge < -0.3 is 25.0 Å². The number of allylic oxidation sites excluding steroid dienone is 2. The molecule has 1 unspecified atom stereocenters. The van der Waals surface area contributed by atoms with Gasteiger partial charge >= 0.3 is 0 Å². The molecule has 9 heteroatoms. The van der Waals surface area contributed by atoms with Gasteiger partial charge in [-0.25, -0.2) is 4.98 Å². The van der Waals surface area contributed by atoms with Crippen LogP contribution in [0, 0.1) is 0 Å². The highest BCUT2D eigenvalue weighted by molar-refractivity contribution is 6.04. The number of nitrogens with zero attached hydrogens (tertiary/aromatic N) is 4. The number of rotatable bonds is 6. The van der Waals surface area contributed by atoms with Gasteiger partial charge in [0.2, 0.25) is 5.95 Å². The summed E-state index contributed by atoms with van der Waals surface area (Å²) in [4.78, 5) is 34.7. The second kappa shape index (κ2) is 8.32. The topological polar surface area (TPSA) is 94.5 Å². The number of nitrogens with one attached hydrogen (secondary N) is 3. The predicted octanol–water partition coefficient (Wildman–Crippen LogP) is 1.77. The maximum atomic E-state index is 13.4. The Morgan fingerprint density at radius 2 is 2.09 bits per heavy atom. The van der Waals surface area contributed by atoms with E-state index in [2.05, 4.69) is 56.3 Å². The van der Waals surface area contributed by atoms with Crippen LogP contribution in [0.5, 0.6) is 0 Å². The lowest BCUT2D eigenvalue weighted by Crippen LogP contribution is -2.63. The summed E-state index contributed by atoms with van der Waals surface area (Å²) in [5, 5.41) is 9.35. The summed E-state index contributed by atoms with van der Waals surface area (Å²) in [7, 11) is 4.10. The van der Waals surface area contributed by atoms with E-state index in [0.29, 0.717) is 23.9 Å². The maximum absolute atomic E-state index is 13.4. The highest BCUT2D eigenvalue weighted by Gasteiger charge is 2.49. The van der Waals surface area contributed by atoms with Crippen molar-refractivity contribution < 1.29 is 9.59 Å². The lowest BCUT2D eigenvalue weighted by Gasteiger charge is -2.47. The number of fused-ring (bicyclic) bond motifs is 4. The summed E-state index contributed by atoms with van der Waals surface area (Å²) in [6.07, 6.45) is 6.51. The zero-order valence-electron chi connectivity index (χ0n) is 20.1. The van der Waals surface area contributed by atoms with Crippen LogP contribution in [0.1, 0.15) is 20.3 Å². The summed E-state index contributed by atoms with van der Waals surface area (Å²) in [5.74, 6) is 0.181. The van der Waals surface area contributed by atoms with Gasteiger partial charge in [0.15, 0.2) is 0 Å². The van der Waals surface area contributed by atoms with E-state index in [9.17, 15) is 9.59 Å². The third-order valence-corrected chi connectivity index (χ3v) is 6.75. The number of aryl methyl sites for hydroxylation is 1. The Kier molecular flexibility index (Phi) is 5.44. The van der Waals surface area contributed by atoms with Gasteiger partial charge in [-0.3, -0.25) is 14.9 Å². The molecule has 1 aromatic carbocycles. The van der Waals surface area contributed by atoms with E-state index in [1.807, 2.05) is 43.3 Å². The second-order valence-corrected chi connectivity index (χ2v) is 9.54. The summed E-state index contributed by atoms with van der Waals surface area (Å²) in [5.41, 5.74) is 3.19. The molecule has 3 aliphatic rings. The molecule has 1 saturated heterocycles. The van der Waals surface area contributed by atoms with Gasteiger partial charge in [-0.05, 0) is 70.8 Å². The van der Waals surface area contributed by atoms with Crippen LogP contribution in [-0.4, -0.2) is 70.1 Å². The lowest BCUT2D eigenvalue weighted by molar-refractivity contribution is -0.122. The van der Waals surface area contributed by atoms with Gasteiger partial charge in [0.25, 0.3) is 11.8 Å². The van der Waals surface area contributed by atoms with Gasteiger partial charge in [-0.15, -0.1) is 0 Å². The first-order chi connectivity index (χ1) is 16.3. The van der Waals surface area contributed by atoms with Crippen LogP contribution in [0.15, 0.2) is 59.5 Å². The van der Waals surface area contributed by atoms with Crippen LogP contribution in [0.2, 0.25) is 0 Å². The van der Waals surface area contributed by atoms with Crippen molar-refractivity contribution in [3.05, 3.63) is 59.5 Å². The van der Waals surface area contributed by atoms with Gasteiger partial charge in [-0.1, -0.05) is 18.2 Å². The molecule has 2 aromatic rings. The van der Waals surface area contributed by atoms with Crippen LogP contribution in [0.25, 0.3) is 11.0 Å². The fourth-order valence-electron chi connectivity index (χ4n) is 5.08. The Labute approximate surface area is 199 Å². The Morgan fingerprint density at radius 1 is 1.29 bits per heavy atom. The van der Waals surface area contributed by atoms with Crippen molar-refractivity contribution in [2.75, 3.05) is 32.5 Å². The van der Waals surface area contributed by atoms with Crippen molar-refractivity contribution in [1.29, 1.82) is 0 Å². The summed E-state index contributed by atoms with van der Waals surface area (Å²) >= 11 is 0. The molecule has 178 valence electrons. The molecule has 5 rings (SSSR count). The third-order valence-electron chi connectivity index (χ3n) is 6.75. The largest absolute Gasteiger partial charge is 0.355 e. The first-order valence-corrected chi connectivity index (χ1v) is 11.7. The summed E-state index contributed by atoms with van der Waals surface area (Å²) in [6, 6.07) is 8.00. The number of imidazole rings is 1. The Bertz CT molecular complexity index is 1260. The zero-order valence-corrected chi connectivity index (χ0v) is 20.1. The number of para-hydroxylation sites is 2. The predicted molar refractivity (Wildman–Crippen MR) is 132 cm³/mol. The van der Waals surface area contributed by atoms with E-state index in [-0.39, 0.29) is 17.9 Å². The highest BCUT2D eigenvalue weighted by Crippen LogP contribution is 2.40. The summed E-state index contributed by atoms with van der Waals surface area (Å²) < 4.78 is 2.06. The van der Waals surface area contributed by atoms with E-state index < -0.39 is 5.66 Å². The number of aromatic nitrogens is 2. The van der Waals surface area contributed by atoms with Crippen LogP contribution < -0.4 is 16.0 Å². The van der Waals surface area contributed by atoms with Crippen LogP contribution in [-0.2, 0) is 16.1 Å².